The molecule has 2 aromatic carbocycles. The van der Waals surface area contributed by atoms with Crippen LogP contribution in [0.3, 0.4) is 0 Å². The molecule has 31 heavy (non-hydrogen) atoms. The zero-order valence-corrected chi connectivity index (χ0v) is 16.3. The average Bonchev–Trinajstić information content (AvgIpc) is 3.09. The van der Waals surface area contributed by atoms with E-state index in [9.17, 15) is 35.5 Å². The lowest BCUT2D eigenvalue weighted by Gasteiger charge is -2.27. The van der Waals surface area contributed by atoms with Crippen LogP contribution in [0, 0.1) is 11.7 Å². The van der Waals surface area contributed by atoms with Crippen molar-refractivity contribution in [1.29, 1.82) is 0 Å². The molecule has 4 atom stereocenters. The highest BCUT2D eigenvalue weighted by Crippen LogP contribution is 2.43. The van der Waals surface area contributed by atoms with E-state index in [1.165, 1.54) is 31.2 Å². The van der Waals surface area contributed by atoms with Gasteiger partial charge in [0.05, 0.1) is 23.3 Å². The molecule has 1 aliphatic rings. The van der Waals surface area contributed by atoms with Crippen molar-refractivity contribution in [2.75, 3.05) is 0 Å². The maximum atomic E-state index is 13.3. The summed E-state index contributed by atoms with van der Waals surface area (Å²) in [6, 6.07) is 6.77. The summed E-state index contributed by atoms with van der Waals surface area (Å²) in [6.07, 6.45) is -10.1. The summed E-state index contributed by atoms with van der Waals surface area (Å²) in [6.45, 7) is 1.37. The third-order valence-corrected chi connectivity index (χ3v) is 5.53. The van der Waals surface area contributed by atoms with Gasteiger partial charge in [0.15, 0.2) is 0 Å². The Morgan fingerprint density at radius 2 is 1.48 bits per heavy atom. The molecule has 0 N–H and O–H groups in total. The van der Waals surface area contributed by atoms with Crippen LogP contribution < -0.4 is 0 Å². The fraction of sp³-hybridized carbons (Fsp3) is 0.409. The van der Waals surface area contributed by atoms with Gasteiger partial charge in [-0.3, -0.25) is 0 Å². The number of hydrogen-bond acceptors (Lipinski definition) is 2. The number of carbonyl (C=O) groups is 1. The fourth-order valence-electron chi connectivity index (χ4n) is 4.00. The Bertz CT molecular complexity index is 887. The smallest absolute Gasteiger partial charge is 0.370 e. The highest BCUT2D eigenvalue weighted by atomic mass is 19.4. The van der Waals surface area contributed by atoms with Gasteiger partial charge < -0.3 is 9.53 Å². The summed E-state index contributed by atoms with van der Waals surface area (Å²) >= 11 is 0. The second-order valence-electron chi connectivity index (χ2n) is 7.61. The van der Waals surface area contributed by atoms with Gasteiger partial charge in [-0.25, -0.2) is 4.39 Å². The molecule has 0 bridgehead atoms. The Labute approximate surface area is 174 Å². The van der Waals surface area contributed by atoms with Gasteiger partial charge in [-0.2, -0.15) is 26.3 Å². The Morgan fingerprint density at radius 1 is 0.935 bits per heavy atom. The Kier molecular flexibility index (Phi) is 6.45. The summed E-state index contributed by atoms with van der Waals surface area (Å²) in [5.41, 5.74) is -2.48. The first-order chi connectivity index (χ1) is 14.4. The SMILES string of the molecule is CC(O[C@H]1CC[C@@H](C=O)[C@@H]1c1ccc(F)cc1)c1cc(C(F)(F)F)cc(C(F)(F)F)c1. The standard InChI is InChI=1S/C22H19F7O2/c1-12(15-8-16(21(24,25)26)10-17(9-15)22(27,28)29)31-19-7-4-14(11-30)20(19)13-2-5-18(23)6-3-13/h2-3,5-6,8-12,14,19-20H,4,7H2,1H3/t12?,14-,19-,20-/m0/s1. The molecular weight excluding hydrogens is 429 g/mol. The van der Waals surface area contributed by atoms with E-state index in [1.807, 2.05) is 0 Å². The molecule has 0 saturated heterocycles. The van der Waals surface area contributed by atoms with Gasteiger partial charge in [0.1, 0.15) is 12.1 Å². The number of ether oxygens (including phenoxy) is 1. The molecule has 0 heterocycles. The summed E-state index contributed by atoms with van der Waals surface area (Å²) in [4.78, 5) is 11.5. The van der Waals surface area contributed by atoms with E-state index in [0.717, 1.165) is 6.29 Å². The quantitative estimate of drug-likeness (QED) is 0.376. The lowest BCUT2D eigenvalue weighted by molar-refractivity contribution is -0.143. The van der Waals surface area contributed by atoms with Crippen LogP contribution in [-0.2, 0) is 21.9 Å². The van der Waals surface area contributed by atoms with Gasteiger partial charge in [0, 0.05) is 11.8 Å². The number of rotatable bonds is 5. The summed E-state index contributed by atoms with van der Waals surface area (Å²) in [7, 11) is 0. The fourth-order valence-corrected chi connectivity index (χ4v) is 4.00. The number of alkyl halides is 6. The predicted molar refractivity (Wildman–Crippen MR) is 97.7 cm³/mol. The molecule has 1 saturated carbocycles. The minimum absolute atomic E-state index is 0.0650. The van der Waals surface area contributed by atoms with Crippen LogP contribution in [0.5, 0.6) is 0 Å². The number of benzene rings is 2. The Morgan fingerprint density at radius 3 is 1.97 bits per heavy atom. The molecule has 1 aliphatic carbocycles. The molecule has 1 unspecified atom stereocenters. The molecule has 2 nitrogen and oxygen atoms in total. The van der Waals surface area contributed by atoms with Crippen molar-refractivity contribution in [1.82, 2.24) is 0 Å². The minimum atomic E-state index is -4.96. The van der Waals surface area contributed by atoms with Gasteiger partial charge in [-0.15, -0.1) is 0 Å². The number of aldehydes is 1. The molecule has 168 valence electrons. The molecular formula is C22H19F7O2. The lowest BCUT2D eigenvalue weighted by Crippen LogP contribution is -2.23. The molecule has 1 fully saturated rings. The molecule has 0 amide bonds. The molecule has 0 radical (unpaired) electrons. The van der Waals surface area contributed by atoms with Crippen molar-refractivity contribution < 1.29 is 40.3 Å². The Balaban J connectivity index is 1.91. The van der Waals surface area contributed by atoms with Crippen LogP contribution in [0.2, 0.25) is 0 Å². The first kappa shape index (κ1) is 23.2. The van der Waals surface area contributed by atoms with Gasteiger partial charge in [-0.05, 0) is 61.2 Å². The highest BCUT2D eigenvalue weighted by Gasteiger charge is 2.40. The molecule has 0 spiro atoms. The van der Waals surface area contributed by atoms with Gasteiger partial charge in [0.25, 0.3) is 0 Å². The molecule has 2 aromatic rings. The van der Waals surface area contributed by atoms with E-state index in [2.05, 4.69) is 0 Å². The van der Waals surface area contributed by atoms with E-state index in [1.54, 1.807) is 0 Å². The third kappa shape index (κ3) is 5.26. The zero-order valence-electron chi connectivity index (χ0n) is 16.3. The first-order valence-corrected chi connectivity index (χ1v) is 9.55. The molecule has 3 rings (SSSR count). The lowest BCUT2D eigenvalue weighted by atomic mass is 9.88. The number of hydrogen-bond donors (Lipinski definition) is 0. The second-order valence-corrected chi connectivity index (χ2v) is 7.61. The normalized spacial score (nSPS) is 23.0. The van der Waals surface area contributed by atoms with Gasteiger partial charge in [-0.1, -0.05) is 12.1 Å². The van der Waals surface area contributed by atoms with E-state index < -0.39 is 53.3 Å². The van der Waals surface area contributed by atoms with E-state index in [4.69, 9.17) is 4.74 Å². The van der Waals surface area contributed by atoms with E-state index in [-0.39, 0.29) is 11.6 Å². The van der Waals surface area contributed by atoms with Crippen LogP contribution in [0.1, 0.15) is 54.0 Å². The zero-order chi connectivity index (χ0) is 23.0. The number of halogens is 7. The van der Waals surface area contributed by atoms with Crippen molar-refractivity contribution in [2.45, 2.75) is 50.2 Å². The number of carbonyl (C=O) groups excluding carboxylic acids is 1. The average molecular weight is 448 g/mol. The maximum absolute atomic E-state index is 13.3. The van der Waals surface area contributed by atoms with Crippen LogP contribution >= 0.6 is 0 Å². The molecule has 0 aromatic heterocycles. The van der Waals surface area contributed by atoms with Gasteiger partial charge >= 0.3 is 12.4 Å². The van der Waals surface area contributed by atoms with Crippen LogP contribution in [0.25, 0.3) is 0 Å². The third-order valence-electron chi connectivity index (χ3n) is 5.53. The molecule has 9 heteroatoms. The molecule has 0 aliphatic heterocycles. The monoisotopic (exact) mass is 448 g/mol. The highest BCUT2D eigenvalue weighted by molar-refractivity contribution is 5.57. The van der Waals surface area contributed by atoms with E-state index in [0.29, 0.717) is 30.5 Å². The van der Waals surface area contributed by atoms with Crippen molar-refractivity contribution in [3.8, 4) is 0 Å². The van der Waals surface area contributed by atoms with Crippen molar-refractivity contribution in [3.63, 3.8) is 0 Å². The summed E-state index contributed by atoms with van der Waals surface area (Å²) in [5, 5.41) is 0. The predicted octanol–water partition coefficient (Wildman–Crippen LogP) is 6.70. The topological polar surface area (TPSA) is 26.3 Å². The Hall–Kier alpha value is -2.42. The van der Waals surface area contributed by atoms with Gasteiger partial charge in [0.2, 0.25) is 0 Å². The van der Waals surface area contributed by atoms with Crippen LogP contribution in [0.4, 0.5) is 30.7 Å². The first-order valence-electron chi connectivity index (χ1n) is 9.55. The van der Waals surface area contributed by atoms with E-state index >= 15 is 0 Å². The summed E-state index contributed by atoms with van der Waals surface area (Å²) in [5.74, 6) is -1.40. The summed E-state index contributed by atoms with van der Waals surface area (Å²) < 4.78 is 98.0. The minimum Gasteiger partial charge on any atom is -0.370 e. The largest absolute Gasteiger partial charge is 0.416 e. The van der Waals surface area contributed by atoms with Crippen LogP contribution in [-0.4, -0.2) is 12.4 Å². The van der Waals surface area contributed by atoms with Crippen molar-refractivity contribution >= 4 is 6.29 Å². The van der Waals surface area contributed by atoms with Crippen molar-refractivity contribution in [2.24, 2.45) is 5.92 Å². The van der Waals surface area contributed by atoms with Crippen molar-refractivity contribution in [3.05, 3.63) is 70.5 Å². The second kappa shape index (κ2) is 8.61. The van der Waals surface area contributed by atoms with Crippen LogP contribution in [0.15, 0.2) is 42.5 Å². The maximum Gasteiger partial charge on any atom is 0.416 e.